The minimum absolute atomic E-state index is 0.267. The van der Waals surface area contributed by atoms with E-state index in [2.05, 4.69) is 23.7 Å². The molecule has 0 bridgehead atoms. The molecule has 15 heavy (non-hydrogen) atoms. The molecule has 0 saturated heterocycles. The van der Waals surface area contributed by atoms with Crippen LogP contribution in [0.2, 0.25) is 0 Å². The number of hydrogen-bond donors (Lipinski definition) is 2. The van der Waals surface area contributed by atoms with Crippen LogP contribution in [0.1, 0.15) is 25.7 Å². The fourth-order valence-electron chi connectivity index (χ4n) is 1.89. The number of rotatable bonds is 7. The van der Waals surface area contributed by atoms with Crippen LogP contribution in [-0.2, 0) is 0 Å². The molecule has 1 aliphatic carbocycles. The molecule has 0 radical (unpaired) electrons. The third kappa shape index (κ3) is 5.59. The van der Waals surface area contributed by atoms with E-state index in [-0.39, 0.29) is 6.61 Å². The van der Waals surface area contributed by atoms with E-state index in [0.29, 0.717) is 6.04 Å². The molecule has 1 aliphatic rings. The monoisotopic (exact) mass is 229 g/mol. The molecule has 2 nitrogen and oxygen atoms in total. The number of allylic oxidation sites excluding steroid dienone is 2. The van der Waals surface area contributed by atoms with Gasteiger partial charge < -0.3 is 10.4 Å². The number of aliphatic hydroxyl groups excluding tert-OH is 1. The molecule has 0 saturated carbocycles. The summed E-state index contributed by atoms with van der Waals surface area (Å²) in [5.41, 5.74) is 0. The molecular weight excluding hydrogens is 206 g/mol. The topological polar surface area (TPSA) is 32.3 Å². The molecule has 0 aromatic carbocycles. The average molecular weight is 229 g/mol. The highest BCUT2D eigenvalue weighted by Crippen LogP contribution is 2.17. The Morgan fingerprint density at radius 2 is 2.40 bits per heavy atom. The molecule has 2 N–H and O–H groups in total. The van der Waals surface area contributed by atoms with E-state index in [1.807, 2.05) is 11.8 Å². The lowest BCUT2D eigenvalue weighted by Gasteiger charge is -2.22. The standard InChI is InChI=1S/C12H23NOS/c1-15-8-7-12(10-14)13-9-11-5-3-2-4-6-11/h2-3,11-14H,4-10H2,1H3. The van der Waals surface area contributed by atoms with E-state index in [9.17, 15) is 5.11 Å². The van der Waals surface area contributed by atoms with Gasteiger partial charge in [-0.05, 0) is 50.2 Å². The smallest absolute Gasteiger partial charge is 0.0584 e. The normalized spacial score (nSPS) is 22.9. The molecule has 2 atom stereocenters. The maximum Gasteiger partial charge on any atom is 0.0584 e. The number of nitrogens with one attached hydrogen (secondary N) is 1. The van der Waals surface area contributed by atoms with Gasteiger partial charge in [0, 0.05) is 6.04 Å². The predicted octanol–water partition coefficient (Wildman–Crippen LogP) is 2.05. The molecule has 1 rings (SSSR count). The predicted molar refractivity (Wildman–Crippen MR) is 68.4 cm³/mol. The lowest BCUT2D eigenvalue weighted by molar-refractivity contribution is 0.232. The fraction of sp³-hybridized carbons (Fsp3) is 0.833. The highest BCUT2D eigenvalue weighted by molar-refractivity contribution is 7.98. The fourth-order valence-corrected chi connectivity index (χ4v) is 2.41. The van der Waals surface area contributed by atoms with Crippen molar-refractivity contribution >= 4 is 11.8 Å². The summed E-state index contributed by atoms with van der Waals surface area (Å²) in [6.45, 7) is 1.33. The van der Waals surface area contributed by atoms with Gasteiger partial charge in [0.1, 0.15) is 0 Å². The van der Waals surface area contributed by atoms with Gasteiger partial charge in [-0.2, -0.15) is 11.8 Å². The van der Waals surface area contributed by atoms with E-state index in [1.54, 1.807) is 0 Å². The summed E-state index contributed by atoms with van der Waals surface area (Å²) in [5, 5.41) is 12.7. The van der Waals surface area contributed by atoms with Crippen LogP contribution >= 0.6 is 11.8 Å². The molecule has 88 valence electrons. The van der Waals surface area contributed by atoms with Crippen LogP contribution in [0.15, 0.2) is 12.2 Å². The molecule has 0 aromatic rings. The molecule has 3 heteroatoms. The van der Waals surface area contributed by atoms with Crippen LogP contribution in [0.4, 0.5) is 0 Å². The molecule has 0 aliphatic heterocycles. The second-order valence-corrected chi connectivity index (χ2v) is 5.21. The Labute approximate surface area is 97.5 Å². The van der Waals surface area contributed by atoms with Gasteiger partial charge in [0.25, 0.3) is 0 Å². The van der Waals surface area contributed by atoms with Gasteiger partial charge in [0.15, 0.2) is 0 Å². The third-order valence-corrected chi connectivity index (χ3v) is 3.61. The quantitative estimate of drug-likeness (QED) is 0.655. The van der Waals surface area contributed by atoms with E-state index in [1.165, 1.54) is 19.3 Å². The Morgan fingerprint density at radius 3 is 3.00 bits per heavy atom. The summed E-state index contributed by atoms with van der Waals surface area (Å²) >= 11 is 1.84. The second kappa shape index (κ2) is 8.20. The van der Waals surface area contributed by atoms with Gasteiger partial charge in [0.2, 0.25) is 0 Å². The first-order chi connectivity index (χ1) is 7.36. The van der Waals surface area contributed by atoms with Crippen molar-refractivity contribution in [2.75, 3.05) is 25.2 Å². The Balaban J connectivity index is 2.12. The zero-order valence-corrected chi connectivity index (χ0v) is 10.4. The number of thioether (sulfide) groups is 1. The molecule has 2 unspecified atom stereocenters. The second-order valence-electron chi connectivity index (χ2n) is 4.22. The van der Waals surface area contributed by atoms with Gasteiger partial charge in [-0.3, -0.25) is 0 Å². The Morgan fingerprint density at radius 1 is 1.53 bits per heavy atom. The molecular formula is C12H23NOS. The zero-order valence-electron chi connectivity index (χ0n) is 9.61. The van der Waals surface area contributed by atoms with Crippen LogP contribution in [0.5, 0.6) is 0 Å². The molecule has 0 spiro atoms. The van der Waals surface area contributed by atoms with Crippen LogP contribution in [0, 0.1) is 5.92 Å². The van der Waals surface area contributed by atoms with Crippen molar-refractivity contribution in [3.63, 3.8) is 0 Å². The summed E-state index contributed by atoms with van der Waals surface area (Å²) in [5.74, 6) is 1.90. The van der Waals surface area contributed by atoms with Crippen LogP contribution in [-0.4, -0.2) is 36.3 Å². The summed E-state index contributed by atoms with van der Waals surface area (Å²) < 4.78 is 0. The van der Waals surface area contributed by atoms with Crippen molar-refractivity contribution in [1.29, 1.82) is 0 Å². The van der Waals surface area contributed by atoms with Crippen molar-refractivity contribution in [3.8, 4) is 0 Å². The number of aliphatic hydroxyl groups is 1. The van der Waals surface area contributed by atoms with Gasteiger partial charge >= 0.3 is 0 Å². The maximum absolute atomic E-state index is 9.20. The SMILES string of the molecule is CSCCC(CO)NCC1CC=CCC1. The molecule has 0 fully saturated rings. The van der Waals surface area contributed by atoms with Crippen LogP contribution < -0.4 is 5.32 Å². The van der Waals surface area contributed by atoms with Crippen molar-refractivity contribution in [2.45, 2.75) is 31.7 Å². The van der Waals surface area contributed by atoms with Crippen LogP contribution in [0.3, 0.4) is 0 Å². The lowest BCUT2D eigenvalue weighted by atomic mass is 9.94. The average Bonchev–Trinajstić information content (AvgIpc) is 2.31. The summed E-state index contributed by atoms with van der Waals surface area (Å²) in [4.78, 5) is 0. The first-order valence-electron chi connectivity index (χ1n) is 5.85. The Hall–Kier alpha value is 0.0100. The Kier molecular flexibility index (Phi) is 7.14. The first-order valence-corrected chi connectivity index (χ1v) is 7.24. The van der Waals surface area contributed by atoms with Gasteiger partial charge in [0.05, 0.1) is 6.61 Å². The molecule has 0 amide bonds. The maximum atomic E-state index is 9.20. The summed E-state index contributed by atoms with van der Waals surface area (Å²) in [6, 6.07) is 0.295. The van der Waals surface area contributed by atoms with Crippen molar-refractivity contribution in [1.82, 2.24) is 5.32 Å². The van der Waals surface area contributed by atoms with E-state index in [4.69, 9.17) is 0 Å². The highest BCUT2D eigenvalue weighted by atomic mass is 32.2. The summed E-state index contributed by atoms with van der Waals surface area (Å²) in [7, 11) is 0. The first kappa shape index (κ1) is 13.1. The lowest BCUT2D eigenvalue weighted by Crippen LogP contribution is -2.36. The largest absolute Gasteiger partial charge is 0.395 e. The Bertz CT molecular complexity index is 184. The van der Waals surface area contributed by atoms with Crippen molar-refractivity contribution < 1.29 is 5.11 Å². The minimum Gasteiger partial charge on any atom is -0.395 e. The third-order valence-electron chi connectivity index (χ3n) is 2.96. The van der Waals surface area contributed by atoms with Gasteiger partial charge in [-0.25, -0.2) is 0 Å². The van der Waals surface area contributed by atoms with E-state index < -0.39 is 0 Å². The summed E-state index contributed by atoms with van der Waals surface area (Å²) in [6.07, 6.45) is 11.5. The van der Waals surface area contributed by atoms with Gasteiger partial charge in [-0.15, -0.1) is 0 Å². The van der Waals surface area contributed by atoms with Crippen molar-refractivity contribution in [2.24, 2.45) is 5.92 Å². The van der Waals surface area contributed by atoms with Gasteiger partial charge in [-0.1, -0.05) is 12.2 Å². The minimum atomic E-state index is 0.267. The van der Waals surface area contributed by atoms with E-state index in [0.717, 1.165) is 24.6 Å². The highest BCUT2D eigenvalue weighted by Gasteiger charge is 2.12. The number of hydrogen-bond acceptors (Lipinski definition) is 3. The molecule has 0 aromatic heterocycles. The zero-order chi connectivity index (χ0) is 10.9. The molecule has 0 heterocycles. The van der Waals surface area contributed by atoms with Crippen molar-refractivity contribution in [3.05, 3.63) is 12.2 Å². The van der Waals surface area contributed by atoms with E-state index >= 15 is 0 Å². The van der Waals surface area contributed by atoms with Crippen LogP contribution in [0.25, 0.3) is 0 Å².